The zero-order chi connectivity index (χ0) is 22.2. The zero-order valence-electron chi connectivity index (χ0n) is 17.6. The lowest BCUT2D eigenvalue weighted by Crippen LogP contribution is -2.25. The van der Waals surface area contributed by atoms with Crippen molar-refractivity contribution in [2.75, 3.05) is 5.32 Å². The number of nitrogens with zero attached hydrogens (tertiary/aromatic N) is 4. The van der Waals surface area contributed by atoms with Gasteiger partial charge in [0.2, 0.25) is 5.91 Å². The summed E-state index contributed by atoms with van der Waals surface area (Å²) in [5.74, 6) is -0.336. The molecule has 0 radical (unpaired) electrons. The highest BCUT2D eigenvalue weighted by Gasteiger charge is 2.21. The van der Waals surface area contributed by atoms with Crippen LogP contribution in [-0.2, 0) is 17.9 Å². The van der Waals surface area contributed by atoms with Gasteiger partial charge < -0.3 is 5.32 Å². The predicted molar refractivity (Wildman–Crippen MR) is 124 cm³/mol. The molecule has 0 aliphatic rings. The molecular weight excluding hydrogens is 489 g/mol. The van der Waals surface area contributed by atoms with E-state index in [0.29, 0.717) is 23.1 Å². The van der Waals surface area contributed by atoms with E-state index in [1.54, 1.807) is 12.1 Å². The second kappa shape index (κ2) is 9.12. The van der Waals surface area contributed by atoms with Crippen LogP contribution >= 0.6 is 39.1 Å². The Kier molecular flexibility index (Phi) is 6.95. The molecule has 3 rings (SSSR count). The van der Waals surface area contributed by atoms with E-state index in [0.717, 1.165) is 38.5 Å². The summed E-state index contributed by atoms with van der Waals surface area (Å²) < 4.78 is 4.67. The van der Waals surface area contributed by atoms with Gasteiger partial charge in [-0.1, -0.05) is 36.2 Å². The Morgan fingerprint density at radius 3 is 2.37 bits per heavy atom. The summed E-state index contributed by atoms with van der Waals surface area (Å²) in [7, 11) is 0. The highest BCUT2D eigenvalue weighted by Crippen LogP contribution is 2.26. The molecule has 1 unspecified atom stereocenters. The number of aromatic nitrogens is 4. The minimum absolute atomic E-state index is 0.0750. The van der Waals surface area contributed by atoms with E-state index in [9.17, 15) is 4.79 Å². The molecular formula is C21H24BrCl2N5O. The first-order valence-electron chi connectivity index (χ1n) is 9.56. The number of aryl methyl sites for hydroxylation is 2. The van der Waals surface area contributed by atoms with Crippen LogP contribution in [-0.4, -0.2) is 25.5 Å². The third-order valence-electron chi connectivity index (χ3n) is 5.15. The number of carbonyl (C=O) groups is 1. The summed E-state index contributed by atoms with van der Waals surface area (Å²) in [6, 6.07) is 5.40. The summed E-state index contributed by atoms with van der Waals surface area (Å²) in [5, 5.41) is 13.3. The van der Waals surface area contributed by atoms with Crippen LogP contribution in [0.1, 0.15) is 35.3 Å². The number of nitrogens with one attached hydrogen (secondary N) is 1. The Hall–Kier alpha value is -1.83. The molecule has 9 heteroatoms. The molecule has 1 atom stereocenters. The van der Waals surface area contributed by atoms with Crippen LogP contribution in [0.5, 0.6) is 0 Å². The van der Waals surface area contributed by atoms with Crippen molar-refractivity contribution in [3.05, 3.63) is 61.1 Å². The van der Waals surface area contributed by atoms with E-state index in [4.69, 9.17) is 23.2 Å². The lowest BCUT2D eigenvalue weighted by molar-refractivity contribution is -0.119. The highest BCUT2D eigenvalue weighted by molar-refractivity contribution is 9.10. The fourth-order valence-electron chi connectivity index (χ4n) is 3.28. The van der Waals surface area contributed by atoms with Crippen molar-refractivity contribution < 1.29 is 4.79 Å². The molecule has 0 saturated carbocycles. The first kappa shape index (κ1) is 22.8. The number of halogens is 3. The van der Waals surface area contributed by atoms with Gasteiger partial charge in [0.1, 0.15) is 0 Å². The number of rotatable bonds is 6. The second-order valence-corrected chi connectivity index (χ2v) is 9.13. The second-order valence-electron chi connectivity index (χ2n) is 7.50. The average Bonchev–Trinajstić information content (AvgIpc) is 3.08. The van der Waals surface area contributed by atoms with Crippen molar-refractivity contribution in [3.63, 3.8) is 0 Å². The van der Waals surface area contributed by atoms with Crippen LogP contribution in [0.2, 0.25) is 10.0 Å². The summed E-state index contributed by atoms with van der Waals surface area (Å²) in [4.78, 5) is 12.8. The largest absolute Gasteiger partial charge is 0.323 e. The average molecular weight is 513 g/mol. The summed E-state index contributed by atoms with van der Waals surface area (Å²) in [6.07, 6.45) is 0. The summed E-state index contributed by atoms with van der Waals surface area (Å²) in [6.45, 7) is 10.6. The molecule has 6 nitrogen and oxygen atoms in total. The maximum atomic E-state index is 12.8. The molecule has 160 valence electrons. The van der Waals surface area contributed by atoms with E-state index in [1.807, 2.05) is 50.0 Å². The number of hydrogen-bond donors (Lipinski definition) is 1. The van der Waals surface area contributed by atoms with Crippen LogP contribution in [0.3, 0.4) is 0 Å². The zero-order valence-corrected chi connectivity index (χ0v) is 20.7. The minimum atomic E-state index is -0.261. The Morgan fingerprint density at radius 2 is 1.77 bits per heavy atom. The third kappa shape index (κ3) is 4.74. The lowest BCUT2D eigenvalue weighted by Gasteiger charge is -2.14. The fourth-order valence-corrected chi connectivity index (χ4v) is 4.04. The monoisotopic (exact) mass is 511 g/mol. The van der Waals surface area contributed by atoms with Crippen molar-refractivity contribution >= 4 is 50.7 Å². The van der Waals surface area contributed by atoms with Crippen molar-refractivity contribution in [2.45, 2.75) is 47.7 Å². The standard InChI is InChI=1S/C21H24BrCl2N5O/c1-11(9-28-14(4)19(22)12(2)26-28)21(30)25-20-13(3)27-29(15(20)5)10-16-6-7-17(23)8-18(16)24/h6-8,11H,9-10H2,1-5H3,(H,25,30). The Labute approximate surface area is 194 Å². The Balaban J connectivity index is 1.74. The van der Waals surface area contributed by atoms with Crippen molar-refractivity contribution in [2.24, 2.45) is 5.92 Å². The number of amides is 1. The third-order valence-corrected chi connectivity index (χ3v) is 6.89. The van der Waals surface area contributed by atoms with Gasteiger partial charge in [-0.15, -0.1) is 0 Å². The minimum Gasteiger partial charge on any atom is -0.323 e. The van der Waals surface area contributed by atoms with E-state index >= 15 is 0 Å². The van der Waals surface area contributed by atoms with Gasteiger partial charge in [-0.2, -0.15) is 10.2 Å². The van der Waals surface area contributed by atoms with Crippen molar-refractivity contribution in [3.8, 4) is 0 Å². The van der Waals surface area contributed by atoms with E-state index in [-0.39, 0.29) is 11.8 Å². The van der Waals surface area contributed by atoms with Crippen molar-refractivity contribution in [1.29, 1.82) is 0 Å². The SMILES string of the molecule is Cc1nn(CC(C)C(=O)Nc2c(C)nn(Cc3ccc(Cl)cc3Cl)c2C)c(C)c1Br. The number of carbonyl (C=O) groups excluding carboxylic acids is 1. The molecule has 1 N–H and O–H groups in total. The number of anilines is 1. The van der Waals surface area contributed by atoms with Gasteiger partial charge in [0.15, 0.2) is 0 Å². The maximum Gasteiger partial charge on any atom is 0.229 e. The molecule has 0 bridgehead atoms. The summed E-state index contributed by atoms with van der Waals surface area (Å²) in [5.41, 5.74) is 5.18. The fraction of sp³-hybridized carbons (Fsp3) is 0.381. The van der Waals surface area contributed by atoms with Gasteiger partial charge in [-0.3, -0.25) is 14.2 Å². The van der Waals surface area contributed by atoms with Gasteiger partial charge in [-0.25, -0.2) is 0 Å². The molecule has 30 heavy (non-hydrogen) atoms. The van der Waals surface area contributed by atoms with Gasteiger partial charge in [0, 0.05) is 15.7 Å². The number of hydrogen-bond acceptors (Lipinski definition) is 3. The van der Waals surface area contributed by atoms with Crippen LogP contribution in [0.15, 0.2) is 22.7 Å². The molecule has 1 aromatic carbocycles. The molecule has 0 saturated heterocycles. The van der Waals surface area contributed by atoms with Gasteiger partial charge >= 0.3 is 0 Å². The first-order chi connectivity index (χ1) is 14.1. The molecule has 0 fully saturated rings. The molecule has 3 aromatic rings. The molecule has 0 aliphatic carbocycles. The van der Waals surface area contributed by atoms with Gasteiger partial charge in [0.05, 0.1) is 46.2 Å². The molecule has 0 spiro atoms. The Morgan fingerprint density at radius 1 is 1.10 bits per heavy atom. The van der Waals surface area contributed by atoms with Crippen LogP contribution in [0.25, 0.3) is 0 Å². The van der Waals surface area contributed by atoms with Gasteiger partial charge in [0.25, 0.3) is 0 Å². The Bertz CT molecular complexity index is 1110. The van der Waals surface area contributed by atoms with E-state index < -0.39 is 0 Å². The number of benzene rings is 1. The molecule has 2 heterocycles. The van der Waals surface area contributed by atoms with Crippen molar-refractivity contribution in [1.82, 2.24) is 19.6 Å². The molecule has 0 aliphatic heterocycles. The van der Waals surface area contributed by atoms with Crippen LogP contribution in [0.4, 0.5) is 5.69 Å². The first-order valence-corrected chi connectivity index (χ1v) is 11.1. The van der Waals surface area contributed by atoms with E-state index in [1.165, 1.54) is 0 Å². The molecule has 2 aromatic heterocycles. The topological polar surface area (TPSA) is 64.7 Å². The highest BCUT2D eigenvalue weighted by atomic mass is 79.9. The van der Waals surface area contributed by atoms with E-state index in [2.05, 4.69) is 31.4 Å². The normalized spacial score (nSPS) is 12.3. The van der Waals surface area contributed by atoms with Gasteiger partial charge in [-0.05, 0) is 61.3 Å². The maximum absolute atomic E-state index is 12.8. The van der Waals surface area contributed by atoms with Crippen LogP contribution < -0.4 is 5.32 Å². The smallest absolute Gasteiger partial charge is 0.229 e. The quantitative estimate of drug-likeness (QED) is 0.460. The predicted octanol–water partition coefficient (Wildman–Crippen LogP) is 5.71. The van der Waals surface area contributed by atoms with Crippen LogP contribution in [0, 0.1) is 33.6 Å². The summed E-state index contributed by atoms with van der Waals surface area (Å²) >= 11 is 15.8. The molecule has 1 amide bonds. The lowest BCUT2D eigenvalue weighted by atomic mass is 10.1.